The van der Waals surface area contributed by atoms with Crippen molar-refractivity contribution >= 4 is 5.97 Å². The van der Waals surface area contributed by atoms with Gasteiger partial charge < -0.3 is 29.5 Å². The molecular weight excluding hydrogens is 304 g/mol. The van der Waals surface area contributed by atoms with Crippen LogP contribution in [-0.4, -0.2) is 70.1 Å². The van der Waals surface area contributed by atoms with E-state index in [1.807, 2.05) is 13.8 Å². The van der Waals surface area contributed by atoms with E-state index in [4.69, 9.17) is 14.2 Å². The highest BCUT2D eigenvalue weighted by atomic mass is 16.6. The van der Waals surface area contributed by atoms with Crippen molar-refractivity contribution in [2.75, 3.05) is 7.11 Å². The van der Waals surface area contributed by atoms with E-state index < -0.39 is 47.7 Å². The molecule has 1 aliphatic heterocycles. The van der Waals surface area contributed by atoms with Crippen LogP contribution < -0.4 is 0 Å². The summed E-state index contributed by atoms with van der Waals surface area (Å²) in [6.07, 6.45) is -6.25. The maximum absolute atomic E-state index is 11.4. The van der Waals surface area contributed by atoms with E-state index in [-0.39, 0.29) is 0 Å². The van der Waals surface area contributed by atoms with E-state index in [2.05, 4.69) is 0 Å². The lowest BCUT2D eigenvalue weighted by Crippen LogP contribution is -2.66. The Morgan fingerprint density at radius 1 is 1.04 bits per heavy atom. The molecule has 1 rings (SSSR count). The summed E-state index contributed by atoms with van der Waals surface area (Å²) in [7, 11) is 1.43. The van der Waals surface area contributed by atoms with Crippen molar-refractivity contribution in [1.82, 2.24) is 0 Å². The monoisotopic (exact) mass is 336 g/mol. The molecule has 0 saturated carbocycles. The summed E-state index contributed by atoms with van der Waals surface area (Å²) in [6, 6.07) is 0. The van der Waals surface area contributed by atoms with E-state index in [1.165, 1.54) is 7.11 Å². The van der Waals surface area contributed by atoms with Gasteiger partial charge in [0.2, 0.25) is 0 Å². The lowest BCUT2D eigenvalue weighted by atomic mass is 9.86. The number of aliphatic hydroxyl groups excluding tert-OH is 2. The van der Waals surface area contributed by atoms with Gasteiger partial charge in [0.25, 0.3) is 0 Å². The first kappa shape index (κ1) is 22.3. The fraction of sp³-hybridized carbons (Fsp3) is 0.938. The molecule has 1 heterocycles. The van der Waals surface area contributed by atoms with Crippen LogP contribution in [0.1, 0.15) is 48.5 Å². The fourth-order valence-electron chi connectivity index (χ4n) is 2.30. The number of methoxy groups -OCH3 is 1. The SMILES string of the molecule is CC.COC(C)(C)C1OC(C(=O)O)[C@@H](OC(C)(C)C)C(O)C1O. The third-order valence-electron chi connectivity index (χ3n) is 3.53. The predicted molar refractivity (Wildman–Crippen MR) is 85.4 cm³/mol. The van der Waals surface area contributed by atoms with Gasteiger partial charge in [-0.2, -0.15) is 0 Å². The summed E-state index contributed by atoms with van der Waals surface area (Å²) in [5.41, 5.74) is -1.65. The summed E-state index contributed by atoms with van der Waals surface area (Å²) in [4.78, 5) is 11.4. The van der Waals surface area contributed by atoms with Gasteiger partial charge in [-0.15, -0.1) is 0 Å². The van der Waals surface area contributed by atoms with Gasteiger partial charge in [0.1, 0.15) is 24.4 Å². The van der Waals surface area contributed by atoms with Crippen molar-refractivity contribution in [2.24, 2.45) is 0 Å². The van der Waals surface area contributed by atoms with Crippen molar-refractivity contribution in [3.8, 4) is 0 Å². The van der Waals surface area contributed by atoms with E-state index in [9.17, 15) is 20.1 Å². The maximum atomic E-state index is 11.4. The normalized spacial score (nSPS) is 32.0. The van der Waals surface area contributed by atoms with Gasteiger partial charge in [-0.25, -0.2) is 4.79 Å². The third-order valence-corrected chi connectivity index (χ3v) is 3.53. The molecule has 1 saturated heterocycles. The summed E-state index contributed by atoms with van der Waals surface area (Å²) < 4.78 is 16.3. The van der Waals surface area contributed by atoms with Gasteiger partial charge in [0.05, 0.1) is 11.2 Å². The van der Waals surface area contributed by atoms with E-state index in [0.717, 1.165) is 0 Å². The van der Waals surface area contributed by atoms with Gasteiger partial charge in [-0.3, -0.25) is 0 Å². The minimum atomic E-state index is -1.39. The second kappa shape index (κ2) is 8.39. The summed E-state index contributed by atoms with van der Waals surface area (Å²) in [5.74, 6) is -1.26. The van der Waals surface area contributed by atoms with Crippen LogP contribution in [0.3, 0.4) is 0 Å². The van der Waals surface area contributed by atoms with Gasteiger partial charge >= 0.3 is 5.97 Å². The number of aliphatic hydroxyl groups is 2. The highest BCUT2D eigenvalue weighted by Gasteiger charge is 2.53. The largest absolute Gasteiger partial charge is 0.479 e. The third kappa shape index (κ3) is 5.69. The van der Waals surface area contributed by atoms with Gasteiger partial charge in [-0.1, -0.05) is 13.8 Å². The molecule has 0 aliphatic carbocycles. The first-order chi connectivity index (χ1) is 10.4. The van der Waals surface area contributed by atoms with Crippen molar-refractivity contribution in [2.45, 2.75) is 90.2 Å². The van der Waals surface area contributed by atoms with Crippen LogP contribution in [0.5, 0.6) is 0 Å². The molecule has 5 atom stereocenters. The van der Waals surface area contributed by atoms with Crippen LogP contribution in [0.2, 0.25) is 0 Å². The Bertz CT molecular complexity index is 375. The molecule has 0 bridgehead atoms. The van der Waals surface area contributed by atoms with E-state index in [1.54, 1.807) is 34.6 Å². The number of ether oxygens (including phenoxy) is 3. The first-order valence-electron chi connectivity index (χ1n) is 7.88. The molecule has 0 aromatic rings. The van der Waals surface area contributed by atoms with Crippen LogP contribution >= 0.6 is 0 Å². The van der Waals surface area contributed by atoms with Crippen molar-refractivity contribution < 1.29 is 34.3 Å². The first-order valence-corrected chi connectivity index (χ1v) is 7.88. The second-order valence-corrected chi connectivity index (χ2v) is 6.80. The van der Waals surface area contributed by atoms with E-state index in [0.29, 0.717) is 0 Å². The Kier molecular flexibility index (Phi) is 8.13. The Morgan fingerprint density at radius 2 is 1.52 bits per heavy atom. The molecule has 1 fully saturated rings. The summed E-state index contributed by atoms with van der Waals surface area (Å²) in [5, 5.41) is 29.8. The molecule has 3 N–H and O–H groups in total. The van der Waals surface area contributed by atoms with Crippen LogP contribution in [0, 0.1) is 0 Å². The Hall–Kier alpha value is -0.730. The molecule has 4 unspecified atom stereocenters. The number of hydrogen-bond acceptors (Lipinski definition) is 6. The Labute approximate surface area is 138 Å². The molecule has 0 radical (unpaired) electrons. The lowest BCUT2D eigenvalue weighted by Gasteiger charge is -2.47. The topological polar surface area (TPSA) is 105 Å². The molecular formula is C16H32O7. The minimum absolute atomic E-state index is 0.688. The number of rotatable bonds is 4. The van der Waals surface area contributed by atoms with Crippen LogP contribution in [0.4, 0.5) is 0 Å². The molecule has 0 spiro atoms. The molecule has 23 heavy (non-hydrogen) atoms. The number of carbonyl (C=O) groups is 1. The van der Waals surface area contributed by atoms with Crippen LogP contribution in [0.25, 0.3) is 0 Å². The molecule has 0 aromatic carbocycles. The summed E-state index contributed by atoms with van der Waals surface area (Å²) >= 11 is 0. The lowest BCUT2D eigenvalue weighted by molar-refractivity contribution is -0.282. The zero-order valence-electron chi connectivity index (χ0n) is 15.4. The average molecular weight is 336 g/mol. The molecule has 7 nitrogen and oxygen atoms in total. The predicted octanol–water partition coefficient (Wildman–Crippen LogP) is 1.20. The molecule has 0 aromatic heterocycles. The Balaban J connectivity index is 0.00000232. The standard InChI is InChI=1S/C14H26O7.C2H6/c1-13(2,3)21-9-7(15)8(16)11(14(4,5)19-6)20-10(9)12(17)18;1-2/h7-11,15-16H,1-6H3,(H,17,18);1-2H3/t7?,8?,9-,10?,11?;/m0./s1. The average Bonchev–Trinajstić information content (AvgIpc) is 2.44. The van der Waals surface area contributed by atoms with Crippen LogP contribution in [-0.2, 0) is 19.0 Å². The molecule has 138 valence electrons. The molecule has 0 amide bonds. The fourth-order valence-corrected chi connectivity index (χ4v) is 2.30. The maximum Gasteiger partial charge on any atom is 0.335 e. The highest BCUT2D eigenvalue weighted by Crippen LogP contribution is 2.33. The molecule has 7 heteroatoms. The van der Waals surface area contributed by atoms with Crippen molar-refractivity contribution in [1.29, 1.82) is 0 Å². The smallest absolute Gasteiger partial charge is 0.335 e. The Morgan fingerprint density at radius 3 is 1.87 bits per heavy atom. The number of aliphatic carboxylic acids is 1. The van der Waals surface area contributed by atoms with Crippen LogP contribution in [0.15, 0.2) is 0 Å². The zero-order chi connectivity index (χ0) is 18.6. The minimum Gasteiger partial charge on any atom is -0.479 e. The van der Waals surface area contributed by atoms with Gasteiger partial charge in [-0.05, 0) is 34.6 Å². The quantitative estimate of drug-likeness (QED) is 0.708. The van der Waals surface area contributed by atoms with E-state index >= 15 is 0 Å². The second-order valence-electron chi connectivity index (χ2n) is 6.80. The van der Waals surface area contributed by atoms with Crippen molar-refractivity contribution in [3.05, 3.63) is 0 Å². The zero-order valence-corrected chi connectivity index (χ0v) is 15.4. The summed E-state index contributed by atoms with van der Waals surface area (Å²) in [6.45, 7) is 12.5. The number of carboxylic acid groups (broad SMARTS) is 1. The van der Waals surface area contributed by atoms with Crippen molar-refractivity contribution in [3.63, 3.8) is 0 Å². The van der Waals surface area contributed by atoms with Gasteiger partial charge in [0.15, 0.2) is 6.10 Å². The number of hydrogen-bond donors (Lipinski definition) is 3. The number of carboxylic acids is 1. The highest BCUT2D eigenvalue weighted by molar-refractivity contribution is 5.73. The molecule has 1 aliphatic rings. The van der Waals surface area contributed by atoms with Gasteiger partial charge in [0, 0.05) is 7.11 Å².